The molecule has 2 amide bonds. The number of halogens is 3. The highest BCUT2D eigenvalue weighted by molar-refractivity contribution is 6.01. The first-order chi connectivity index (χ1) is 11.5. The van der Waals surface area contributed by atoms with Gasteiger partial charge in [0.2, 0.25) is 0 Å². The van der Waals surface area contributed by atoms with Crippen LogP contribution in [0, 0.1) is 5.41 Å². The summed E-state index contributed by atoms with van der Waals surface area (Å²) >= 11 is 0. The molecule has 1 heterocycles. The van der Waals surface area contributed by atoms with Crippen LogP contribution < -0.4 is 5.32 Å². The summed E-state index contributed by atoms with van der Waals surface area (Å²) in [6.07, 6.45) is -3.67. The molecule has 0 fully saturated rings. The number of Topliss-reactive ketones (excluding diaryl/α,β-unsaturated/α-hetero) is 1. The van der Waals surface area contributed by atoms with Gasteiger partial charge in [0.15, 0.2) is 5.78 Å². The average Bonchev–Trinajstić information content (AvgIpc) is 2.49. The number of urea groups is 1. The van der Waals surface area contributed by atoms with Gasteiger partial charge in [-0.2, -0.15) is 13.2 Å². The van der Waals surface area contributed by atoms with Crippen molar-refractivity contribution in [3.63, 3.8) is 0 Å². The van der Waals surface area contributed by atoms with Crippen LogP contribution in [0.2, 0.25) is 0 Å². The van der Waals surface area contributed by atoms with Crippen LogP contribution >= 0.6 is 0 Å². The van der Waals surface area contributed by atoms with E-state index in [0.717, 1.165) is 12.1 Å². The zero-order valence-corrected chi connectivity index (χ0v) is 14.2. The van der Waals surface area contributed by atoms with E-state index in [1.54, 1.807) is 7.05 Å². The molecule has 7 heteroatoms. The standard InChI is InChI=1S/C18H19F3N2O2/c1-17(2)8-12-14(13(24)9-17)15(22-16(25)23(12)3)10-5-4-6-11(7-10)18(19,20)21/h4-7,15H,8-9H2,1-3H3,(H,22,25)/t15-/m0/s1. The van der Waals surface area contributed by atoms with Crippen LogP contribution in [0.1, 0.15) is 43.9 Å². The van der Waals surface area contributed by atoms with Crippen molar-refractivity contribution in [2.45, 2.75) is 38.9 Å². The number of alkyl halides is 3. The second-order valence-corrected chi connectivity index (χ2v) is 7.37. The highest BCUT2D eigenvalue weighted by Crippen LogP contribution is 2.44. The molecule has 0 unspecified atom stereocenters. The zero-order valence-electron chi connectivity index (χ0n) is 14.2. The number of hydrogen-bond donors (Lipinski definition) is 1. The minimum atomic E-state index is -4.48. The quantitative estimate of drug-likeness (QED) is 0.829. The van der Waals surface area contributed by atoms with Crippen LogP contribution in [0.4, 0.5) is 18.0 Å². The minimum Gasteiger partial charge on any atom is -0.327 e. The first-order valence-corrected chi connectivity index (χ1v) is 7.97. The summed E-state index contributed by atoms with van der Waals surface area (Å²) in [5.41, 5.74) is 0.147. The van der Waals surface area contributed by atoms with E-state index in [0.29, 0.717) is 24.1 Å². The molecule has 0 bridgehead atoms. The fourth-order valence-corrected chi connectivity index (χ4v) is 3.49. The molecule has 2 aliphatic rings. The third kappa shape index (κ3) is 3.15. The van der Waals surface area contributed by atoms with Gasteiger partial charge in [-0.05, 0) is 29.5 Å². The number of benzene rings is 1. The van der Waals surface area contributed by atoms with Crippen LogP contribution in [-0.4, -0.2) is 23.8 Å². The molecule has 0 saturated carbocycles. The molecular weight excluding hydrogens is 333 g/mol. The van der Waals surface area contributed by atoms with Crippen molar-refractivity contribution in [3.8, 4) is 0 Å². The lowest BCUT2D eigenvalue weighted by Gasteiger charge is -2.42. The Labute approximate surface area is 143 Å². The van der Waals surface area contributed by atoms with Crippen LogP contribution in [-0.2, 0) is 11.0 Å². The van der Waals surface area contributed by atoms with Crippen molar-refractivity contribution in [1.29, 1.82) is 0 Å². The number of carbonyl (C=O) groups is 2. The van der Waals surface area contributed by atoms with E-state index in [1.807, 2.05) is 13.8 Å². The molecule has 0 radical (unpaired) electrons. The molecule has 3 rings (SSSR count). The molecule has 1 atom stereocenters. The number of hydrogen-bond acceptors (Lipinski definition) is 2. The van der Waals surface area contributed by atoms with E-state index < -0.39 is 23.8 Å². The van der Waals surface area contributed by atoms with Crippen LogP contribution in [0.25, 0.3) is 0 Å². The van der Waals surface area contributed by atoms with Crippen molar-refractivity contribution in [3.05, 3.63) is 46.7 Å². The van der Waals surface area contributed by atoms with Gasteiger partial charge in [-0.25, -0.2) is 4.79 Å². The third-order valence-electron chi connectivity index (χ3n) is 4.71. The Morgan fingerprint density at radius 3 is 2.52 bits per heavy atom. The molecule has 4 nitrogen and oxygen atoms in total. The van der Waals surface area contributed by atoms with Gasteiger partial charge in [0.25, 0.3) is 0 Å². The third-order valence-corrected chi connectivity index (χ3v) is 4.71. The average molecular weight is 352 g/mol. The Bertz CT molecular complexity index is 781. The predicted octanol–water partition coefficient (Wildman–Crippen LogP) is 4.04. The molecule has 1 aliphatic carbocycles. The Kier molecular flexibility index (Phi) is 3.93. The topological polar surface area (TPSA) is 49.4 Å². The number of ketones is 1. The molecule has 0 saturated heterocycles. The lowest BCUT2D eigenvalue weighted by molar-refractivity contribution is -0.137. The number of nitrogens with one attached hydrogen (secondary N) is 1. The Balaban J connectivity index is 2.12. The Morgan fingerprint density at radius 1 is 1.20 bits per heavy atom. The molecule has 25 heavy (non-hydrogen) atoms. The number of rotatable bonds is 1. The summed E-state index contributed by atoms with van der Waals surface area (Å²) in [7, 11) is 1.57. The number of nitrogens with zero attached hydrogens (tertiary/aromatic N) is 1. The van der Waals surface area contributed by atoms with Crippen LogP contribution in [0.15, 0.2) is 35.5 Å². The second-order valence-electron chi connectivity index (χ2n) is 7.37. The molecule has 1 N–H and O–H groups in total. The van der Waals surface area contributed by atoms with Gasteiger partial charge in [0, 0.05) is 24.7 Å². The van der Waals surface area contributed by atoms with Gasteiger partial charge in [0.05, 0.1) is 11.6 Å². The summed E-state index contributed by atoms with van der Waals surface area (Å²) in [5.74, 6) is -0.138. The second kappa shape index (κ2) is 5.61. The van der Waals surface area contributed by atoms with Gasteiger partial charge in [-0.15, -0.1) is 0 Å². The normalized spacial score (nSPS) is 23.4. The molecule has 134 valence electrons. The fraction of sp³-hybridized carbons (Fsp3) is 0.444. The van der Waals surface area contributed by atoms with Crippen LogP contribution in [0.5, 0.6) is 0 Å². The van der Waals surface area contributed by atoms with E-state index in [-0.39, 0.29) is 16.8 Å². The van der Waals surface area contributed by atoms with Gasteiger partial charge in [0.1, 0.15) is 0 Å². The van der Waals surface area contributed by atoms with E-state index in [2.05, 4.69) is 5.32 Å². The summed E-state index contributed by atoms with van der Waals surface area (Å²) in [5, 5.41) is 2.66. The van der Waals surface area contributed by atoms with Crippen molar-refractivity contribution >= 4 is 11.8 Å². The maximum atomic E-state index is 13.0. The molecule has 0 spiro atoms. The maximum Gasteiger partial charge on any atom is 0.416 e. The van der Waals surface area contributed by atoms with E-state index in [4.69, 9.17) is 0 Å². The maximum absolute atomic E-state index is 13.0. The summed E-state index contributed by atoms with van der Waals surface area (Å²) < 4.78 is 39.0. The lowest BCUT2D eigenvalue weighted by atomic mass is 9.72. The number of carbonyl (C=O) groups excluding carboxylic acids is 2. The minimum absolute atomic E-state index is 0.138. The first kappa shape index (κ1) is 17.5. The monoisotopic (exact) mass is 352 g/mol. The zero-order chi connectivity index (χ0) is 18.6. The largest absolute Gasteiger partial charge is 0.416 e. The summed E-state index contributed by atoms with van der Waals surface area (Å²) in [6.45, 7) is 3.88. The summed E-state index contributed by atoms with van der Waals surface area (Å²) in [4.78, 5) is 26.4. The number of amides is 2. The van der Waals surface area contributed by atoms with Gasteiger partial charge >= 0.3 is 12.2 Å². The fourth-order valence-electron chi connectivity index (χ4n) is 3.49. The van der Waals surface area contributed by atoms with Crippen molar-refractivity contribution in [2.75, 3.05) is 7.05 Å². The molecular formula is C18H19F3N2O2. The SMILES string of the molecule is CN1C(=O)N[C@@H](c2cccc(C(F)(F)F)c2)C2=C1CC(C)(C)CC2=O. The van der Waals surface area contributed by atoms with Gasteiger partial charge < -0.3 is 10.2 Å². The predicted molar refractivity (Wildman–Crippen MR) is 85.5 cm³/mol. The Morgan fingerprint density at radius 2 is 1.88 bits per heavy atom. The van der Waals surface area contributed by atoms with Crippen molar-refractivity contribution < 1.29 is 22.8 Å². The highest BCUT2D eigenvalue weighted by Gasteiger charge is 2.43. The van der Waals surface area contributed by atoms with E-state index in [9.17, 15) is 22.8 Å². The van der Waals surface area contributed by atoms with Gasteiger partial charge in [-0.3, -0.25) is 4.79 Å². The van der Waals surface area contributed by atoms with E-state index >= 15 is 0 Å². The molecule has 0 aromatic heterocycles. The van der Waals surface area contributed by atoms with Crippen LogP contribution in [0.3, 0.4) is 0 Å². The lowest BCUT2D eigenvalue weighted by Crippen LogP contribution is -2.49. The molecule has 1 aliphatic heterocycles. The Hall–Kier alpha value is -2.31. The number of allylic oxidation sites excluding steroid dienone is 1. The van der Waals surface area contributed by atoms with Gasteiger partial charge in [-0.1, -0.05) is 26.0 Å². The van der Waals surface area contributed by atoms with E-state index in [1.165, 1.54) is 17.0 Å². The smallest absolute Gasteiger partial charge is 0.327 e. The highest BCUT2D eigenvalue weighted by atomic mass is 19.4. The summed E-state index contributed by atoms with van der Waals surface area (Å²) in [6, 6.07) is 3.48. The van der Waals surface area contributed by atoms with Crippen molar-refractivity contribution in [1.82, 2.24) is 10.2 Å². The first-order valence-electron chi connectivity index (χ1n) is 7.97. The van der Waals surface area contributed by atoms with Crippen molar-refractivity contribution in [2.24, 2.45) is 5.41 Å². The molecule has 1 aromatic carbocycles. The molecule has 1 aromatic rings.